The molecule has 1 aromatic heterocycles. The van der Waals surface area contributed by atoms with Gasteiger partial charge in [-0.05, 0) is 44.3 Å². The summed E-state index contributed by atoms with van der Waals surface area (Å²) in [6.45, 7) is 3.02. The lowest BCUT2D eigenvalue weighted by atomic mass is 10.2. The third-order valence-corrected chi connectivity index (χ3v) is 6.56. The highest BCUT2D eigenvalue weighted by atomic mass is 32.2. The van der Waals surface area contributed by atoms with Gasteiger partial charge in [0.25, 0.3) is 0 Å². The Hall–Kier alpha value is -0.960. The average molecular weight is 332 g/mol. The summed E-state index contributed by atoms with van der Waals surface area (Å²) in [4.78, 5) is 14.0. The molecule has 1 unspecified atom stereocenters. The van der Waals surface area contributed by atoms with E-state index in [1.165, 1.54) is 7.11 Å². The Bertz CT molecular complexity index is 624. The first-order valence-electron chi connectivity index (χ1n) is 6.73. The van der Waals surface area contributed by atoms with E-state index in [2.05, 4.69) is 14.4 Å². The van der Waals surface area contributed by atoms with E-state index in [-0.39, 0.29) is 15.8 Å². The number of rotatable bonds is 5. The molecule has 2 heterocycles. The number of aryl methyl sites for hydroxylation is 1. The number of carbonyl (C=O) groups excluding carboxylic acids is 1. The molecule has 1 saturated heterocycles. The number of nitrogens with one attached hydrogen (secondary N) is 1. The van der Waals surface area contributed by atoms with Crippen molar-refractivity contribution in [3.8, 4) is 0 Å². The number of nitrogens with zero attached hydrogens (tertiary/aromatic N) is 1. The Morgan fingerprint density at radius 3 is 2.86 bits per heavy atom. The molecule has 1 atom stereocenters. The molecule has 0 saturated carbocycles. The number of hydrogen-bond donors (Lipinski definition) is 1. The number of methoxy groups -OCH3 is 1. The number of ether oxygens (including phenoxy) is 1. The van der Waals surface area contributed by atoms with Gasteiger partial charge in [0.15, 0.2) is 0 Å². The third-order valence-electron chi connectivity index (χ3n) is 3.74. The van der Waals surface area contributed by atoms with Gasteiger partial charge in [0.1, 0.15) is 9.77 Å². The summed E-state index contributed by atoms with van der Waals surface area (Å²) in [6, 6.07) is 0.209. The van der Waals surface area contributed by atoms with Crippen LogP contribution in [0.25, 0.3) is 0 Å². The topological polar surface area (TPSA) is 75.7 Å². The smallest absolute Gasteiger partial charge is 0.349 e. The van der Waals surface area contributed by atoms with Crippen LogP contribution in [0.15, 0.2) is 10.3 Å². The van der Waals surface area contributed by atoms with Crippen LogP contribution in [0, 0.1) is 6.92 Å². The highest BCUT2D eigenvalue weighted by Crippen LogP contribution is 2.27. The van der Waals surface area contributed by atoms with E-state index < -0.39 is 16.0 Å². The zero-order chi connectivity index (χ0) is 15.6. The van der Waals surface area contributed by atoms with E-state index in [4.69, 9.17) is 0 Å². The second-order valence-electron chi connectivity index (χ2n) is 5.20. The van der Waals surface area contributed by atoms with E-state index >= 15 is 0 Å². The fraction of sp³-hybridized carbons (Fsp3) is 0.615. The van der Waals surface area contributed by atoms with Crippen LogP contribution in [0.3, 0.4) is 0 Å². The molecule has 0 amide bonds. The molecule has 1 aliphatic rings. The number of carbonyl (C=O) groups is 1. The molecule has 0 radical (unpaired) electrons. The molecule has 1 aliphatic heterocycles. The minimum Gasteiger partial charge on any atom is -0.465 e. The number of esters is 1. The summed E-state index contributed by atoms with van der Waals surface area (Å²) in [5.74, 6) is -0.619. The maximum atomic E-state index is 12.5. The quantitative estimate of drug-likeness (QED) is 0.821. The van der Waals surface area contributed by atoms with Crippen LogP contribution in [0.1, 0.15) is 28.1 Å². The van der Waals surface area contributed by atoms with Crippen molar-refractivity contribution in [3.63, 3.8) is 0 Å². The van der Waals surface area contributed by atoms with Gasteiger partial charge < -0.3 is 9.64 Å². The normalized spacial score (nSPS) is 19.9. The fourth-order valence-corrected chi connectivity index (χ4v) is 5.29. The highest BCUT2D eigenvalue weighted by Gasteiger charge is 2.29. The van der Waals surface area contributed by atoms with Crippen molar-refractivity contribution in [2.75, 3.05) is 27.2 Å². The summed E-state index contributed by atoms with van der Waals surface area (Å²) in [6.07, 6.45) is 2.05. The van der Waals surface area contributed by atoms with Crippen LogP contribution in [-0.2, 0) is 14.8 Å². The molecule has 118 valence electrons. The van der Waals surface area contributed by atoms with Crippen molar-refractivity contribution < 1.29 is 17.9 Å². The number of likely N-dealkylation sites (N-methyl/N-ethyl adjacent to an activating group) is 1. The van der Waals surface area contributed by atoms with E-state index in [0.29, 0.717) is 12.1 Å². The van der Waals surface area contributed by atoms with Crippen LogP contribution in [0.2, 0.25) is 0 Å². The molecule has 0 bridgehead atoms. The second kappa shape index (κ2) is 6.43. The minimum absolute atomic E-state index is 0.0417. The van der Waals surface area contributed by atoms with E-state index in [1.807, 2.05) is 7.05 Å². The Balaban J connectivity index is 2.19. The van der Waals surface area contributed by atoms with Crippen LogP contribution in [0.5, 0.6) is 0 Å². The molecular weight excluding hydrogens is 312 g/mol. The first kappa shape index (κ1) is 16.4. The van der Waals surface area contributed by atoms with Crippen molar-refractivity contribution in [2.45, 2.75) is 30.7 Å². The van der Waals surface area contributed by atoms with Crippen LogP contribution in [0.4, 0.5) is 0 Å². The molecule has 1 N–H and O–H groups in total. The van der Waals surface area contributed by atoms with Crippen LogP contribution < -0.4 is 4.72 Å². The standard InChI is InChI=1S/C13H20N2O4S2/c1-9-8-20-11(13(16)19-3)12(9)21(17,18)14-7-10-5-4-6-15(10)2/h8,10,14H,4-7H2,1-3H3. The number of thiophene rings is 1. The lowest BCUT2D eigenvalue weighted by molar-refractivity contribution is 0.0602. The number of sulfonamides is 1. The molecule has 0 spiro atoms. The number of likely N-dealkylation sites (tertiary alicyclic amines) is 1. The van der Waals surface area contributed by atoms with Crippen LogP contribution >= 0.6 is 11.3 Å². The number of hydrogen-bond acceptors (Lipinski definition) is 6. The van der Waals surface area contributed by atoms with Crippen LogP contribution in [-0.4, -0.2) is 52.6 Å². The summed E-state index contributed by atoms with van der Waals surface area (Å²) in [5, 5.41) is 1.66. The minimum atomic E-state index is -3.71. The fourth-order valence-electron chi connectivity index (χ4n) is 2.52. The Morgan fingerprint density at radius 2 is 2.29 bits per heavy atom. The van der Waals surface area contributed by atoms with E-state index in [1.54, 1.807) is 12.3 Å². The molecule has 0 aromatic carbocycles. The van der Waals surface area contributed by atoms with Crippen molar-refractivity contribution in [1.82, 2.24) is 9.62 Å². The van der Waals surface area contributed by atoms with Gasteiger partial charge in [0.2, 0.25) is 10.0 Å². The molecule has 0 aliphatic carbocycles. The molecule has 1 fully saturated rings. The monoisotopic (exact) mass is 332 g/mol. The highest BCUT2D eigenvalue weighted by molar-refractivity contribution is 7.89. The van der Waals surface area contributed by atoms with E-state index in [0.717, 1.165) is 30.7 Å². The van der Waals surface area contributed by atoms with Gasteiger partial charge in [0.05, 0.1) is 7.11 Å². The third kappa shape index (κ3) is 3.45. The first-order chi connectivity index (χ1) is 9.86. The molecule has 21 heavy (non-hydrogen) atoms. The van der Waals surface area contributed by atoms with Crippen molar-refractivity contribution in [2.24, 2.45) is 0 Å². The zero-order valence-electron chi connectivity index (χ0n) is 12.4. The molecule has 6 nitrogen and oxygen atoms in total. The maximum absolute atomic E-state index is 12.5. The summed E-state index contributed by atoms with van der Waals surface area (Å²) < 4.78 is 32.3. The van der Waals surface area contributed by atoms with Gasteiger partial charge in [-0.25, -0.2) is 17.9 Å². The molecule has 8 heteroatoms. The molecule has 2 rings (SSSR count). The summed E-state index contributed by atoms with van der Waals surface area (Å²) >= 11 is 1.09. The molecular formula is C13H20N2O4S2. The van der Waals surface area contributed by atoms with Gasteiger partial charge in [-0.15, -0.1) is 11.3 Å². The summed E-state index contributed by atoms with van der Waals surface area (Å²) in [5.41, 5.74) is 0.563. The van der Waals surface area contributed by atoms with E-state index in [9.17, 15) is 13.2 Å². The second-order valence-corrected chi connectivity index (χ2v) is 7.78. The predicted octanol–water partition coefficient (Wildman–Crippen LogP) is 1.22. The van der Waals surface area contributed by atoms with Gasteiger partial charge in [-0.2, -0.15) is 0 Å². The van der Waals surface area contributed by atoms with Crippen molar-refractivity contribution in [1.29, 1.82) is 0 Å². The van der Waals surface area contributed by atoms with Crippen molar-refractivity contribution >= 4 is 27.3 Å². The van der Waals surface area contributed by atoms with Crippen molar-refractivity contribution in [3.05, 3.63) is 15.8 Å². The average Bonchev–Trinajstić information content (AvgIpc) is 3.02. The van der Waals surface area contributed by atoms with Gasteiger partial charge >= 0.3 is 5.97 Å². The van der Waals surface area contributed by atoms with Gasteiger partial charge in [-0.3, -0.25) is 0 Å². The Labute approximate surface area is 129 Å². The lowest BCUT2D eigenvalue weighted by Gasteiger charge is -2.19. The SMILES string of the molecule is COC(=O)c1scc(C)c1S(=O)(=O)NCC1CCCN1C. The zero-order valence-corrected chi connectivity index (χ0v) is 14.0. The largest absolute Gasteiger partial charge is 0.465 e. The lowest BCUT2D eigenvalue weighted by Crippen LogP contribution is -2.38. The molecule has 1 aromatic rings. The van der Waals surface area contributed by atoms with Gasteiger partial charge in [-0.1, -0.05) is 0 Å². The first-order valence-corrected chi connectivity index (χ1v) is 9.09. The van der Waals surface area contributed by atoms with Gasteiger partial charge in [0, 0.05) is 12.6 Å². The maximum Gasteiger partial charge on any atom is 0.349 e. The Morgan fingerprint density at radius 1 is 1.57 bits per heavy atom. The summed E-state index contributed by atoms with van der Waals surface area (Å²) in [7, 11) is -0.479. The predicted molar refractivity (Wildman–Crippen MR) is 81.2 cm³/mol. The Kier molecular flexibility index (Phi) is 5.03.